The lowest BCUT2D eigenvalue weighted by atomic mass is 10.1. The summed E-state index contributed by atoms with van der Waals surface area (Å²) in [6, 6.07) is 22.1. The van der Waals surface area contributed by atoms with Gasteiger partial charge in [-0.25, -0.2) is 4.68 Å². The third-order valence-electron chi connectivity index (χ3n) is 5.97. The quantitative estimate of drug-likeness (QED) is 0.274. The molecule has 0 atom stereocenters. The van der Waals surface area contributed by atoms with E-state index in [0.717, 1.165) is 11.3 Å². The molecule has 0 radical (unpaired) electrons. The number of carbonyl (C=O) groups is 1. The molecule has 0 unspecified atom stereocenters. The SMILES string of the molecule is O=C(c1cc(-c2ccccc2Cl)nn1-c1ccc(Cl)c(Cl)c1)N1CCN(c2cccc(Cl)c2)CC1. The van der Waals surface area contributed by atoms with Crippen molar-refractivity contribution in [3.05, 3.63) is 98.6 Å². The number of rotatable bonds is 4. The van der Waals surface area contributed by atoms with Crippen LogP contribution in [-0.2, 0) is 0 Å². The zero-order valence-electron chi connectivity index (χ0n) is 18.5. The summed E-state index contributed by atoms with van der Waals surface area (Å²) in [5, 5.41) is 6.79. The van der Waals surface area contributed by atoms with Crippen molar-refractivity contribution in [2.45, 2.75) is 0 Å². The minimum Gasteiger partial charge on any atom is -0.368 e. The van der Waals surface area contributed by atoms with E-state index in [9.17, 15) is 4.79 Å². The number of benzene rings is 3. The molecule has 0 bridgehead atoms. The summed E-state index contributed by atoms with van der Waals surface area (Å²) in [6.07, 6.45) is 0. The second-order valence-electron chi connectivity index (χ2n) is 8.16. The molecule has 0 saturated carbocycles. The van der Waals surface area contributed by atoms with Gasteiger partial charge >= 0.3 is 0 Å². The molecule has 1 saturated heterocycles. The number of aromatic nitrogens is 2. The molecule has 4 aromatic rings. The maximum atomic E-state index is 13.7. The van der Waals surface area contributed by atoms with Crippen molar-refractivity contribution in [1.29, 1.82) is 0 Å². The molecule has 9 heteroatoms. The van der Waals surface area contributed by atoms with E-state index in [2.05, 4.69) is 4.90 Å². The van der Waals surface area contributed by atoms with E-state index in [0.29, 0.717) is 63.3 Å². The maximum Gasteiger partial charge on any atom is 0.272 e. The molecular weight excluding hydrogens is 526 g/mol. The molecule has 1 aromatic heterocycles. The van der Waals surface area contributed by atoms with Crippen LogP contribution in [-0.4, -0.2) is 46.8 Å². The Balaban J connectivity index is 1.46. The summed E-state index contributed by atoms with van der Waals surface area (Å²) in [5.74, 6) is -0.118. The smallest absolute Gasteiger partial charge is 0.272 e. The van der Waals surface area contributed by atoms with E-state index in [-0.39, 0.29) is 5.91 Å². The number of anilines is 1. The lowest BCUT2D eigenvalue weighted by Crippen LogP contribution is -2.49. The highest BCUT2D eigenvalue weighted by atomic mass is 35.5. The largest absolute Gasteiger partial charge is 0.368 e. The highest BCUT2D eigenvalue weighted by Gasteiger charge is 2.27. The van der Waals surface area contributed by atoms with Crippen LogP contribution in [0.4, 0.5) is 5.69 Å². The van der Waals surface area contributed by atoms with Gasteiger partial charge in [0.2, 0.25) is 0 Å². The normalized spacial score (nSPS) is 13.8. The minimum absolute atomic E-state index is 0.118. The highest BCUT2D eigenvalue weighted by molar-refractivity contribution is 6.42. The Morgan fingerprint density at radius 3 is 2.20 bits per heavy atom. The number of halogens is 4. The number of hydrogen-bond donors (Lipinski definition) is 0. The number of carbonyl (C=O) groups excluding carboxylic acids is 1. The van der Waals surface area contributed by atoms with E-state index < -0.39 is 0 Å². The Hall–Kier alpha value is -2.70. The maximum absolute atomic E-state index is 13.7. The zero-order valence-corrected chi connectivity index (χ0v) is 21.5. The van der Waals surface area contributed by atoms with Crippen molar-refractivity contribution in [1.82, 2.24) is 14.7 Å². The van der Waals surface area contributed by atoms with Crippen LogP contribution in [0.3, 0.4) is 0 Å². The Morgan fingerprint density at radius 2 is 1.49 bits per heavy atom. The summed E-state index contributed by atoms with van der Waals surface area (Å²) in [6.45, 7) is 2.54. The van der Waals surface area contributed by atoms with Gasteiger partial charge in [0.15, 0.2) is 0 Å². The molecule has 1 aliphatic heterocycles. The Bertz CT molecular complexity index is 1400. The van der Waals surface area contributed by atoms with Crippen LogP contribution in [0.25, 0.3) is 16.9 Å². The van der Waals surface area contributed by atoms with Gasteiger partial charge in [0.05, 0.1) is 26.4 Å². The van der Waals surface area contributed by atoms with E-state index in [1.54, 1.807) is 35.0 Å². The molecule has 3 aromatic carbocycles. The number of hydrogen-bond acceptors (Lipinski definition) is 3. The van der Waals surface area contributed by atoms with Crippen LogP contribution in [0, 0.1) is 0 Å². The fourth-order valence-corrected chi connectivity index (χ4v) is 4.86. The average molecular weight is 546 g/mol. The lowest BCUT2D eigenvalue weighted by molar-refractivity contribution is 0.0737. The van der Waals surface area contributed by atoms with E-state index in [1.807, 2.05) is 47.4 Å². The second-order valence-corrected chi connectivity index (χ2v) is 9.82. The molecule has 1 amide bonds. The van der Waals surface area contributed by atoms with Gasteiger partial charge in [-0.15, -0.1) is 0 Å². The molecule has 0 N–H and O–H groups in total. The Morgan fingerprint density at radius 1 is 0.714 bits per heavy atom. The van der Waals surface area contributed by atoms with Gasteiger partial charge < -0.3 is 9.80 Å². The van der Waals surface area contributed by atoms with Crippen molar-refractivity contribution in [3.8, 4) is 16.9 Å². The fourth-order valence-electron chi connectivity index (χ4n) is 4.15. The van der Waals surface area contributed by atoms with Gasteiger partial charge in [-0.3, -0.25) is 4.79 Å². The monoisotopic (exact) mass is 544 g/mol. The van der Waals surface area contributed by atoms with Gasteiger partial charge in [0, 0.05) is 42.5 Å². The van der Waals surface area contributed by atoms with Gasteiger partial charge in [0.25, 0.3) is 5.91 Å². The fraction of sp³-hybridized carbons (Fsp3) is 0.154. The summed E-state index contributed by atoms with van der Waals surface area (Å²) in [5.41, 5.74) is 3.45. The summed E-state index contributed by atoms with van der Waals surface area (Å²) >= 11 is 25.0. The van der Waals surface area contributed by atoms with E-state index in [1.165, 1.54) is 0 Å². The topological polar surface area (TPSA) is 41.4 Å². The van der Waals surface area contributed by atoms with Gasteiger partial charge in [-0.05, 0) is 48.5 Å². The second kappa shape index (κ2) is 10.1. The van der Waals surface area contributed by atoms with Crippen LogP contribution in [0.2, 0.25) is 20.1 Å². The number of nitrogens with zero attached hydrogens (tertiary/aromatic N) is 4. The van der Waals surface area contributed by atoms with Crippen LogP contribution < -0.4 is 4.90 Å². The van der Waals surface area contributed by atoms with Crippen molar-refractivity contribution < 1.29 is 4.79 Å². The van der Waals surface area contributed by atoms with Crippen LogP contribution in [0.5, 0.6) is 0 Å². The summed E-state index contributed by atoms with van der Waals surface area (Å²) in [4.78, 5) is 17.8. The summed E-state index contributed by atoms with van der Waals surface area (Å²) < 4.78 is 1.60. The first-order valence-electron chi connectivity index (χ1n) is 11.0. The predicted molar refractivity (Wildman–Crippen MR) is 144 cm³/mol. The zero-order chi connectivity index (χ0) is 24.5. The Labute approximate surface area is 223 Å². The molecule has 2 heterocycles. The summed E-state index contributed by atoms with van der Waals surface area (Å²) in [7, 11) is 0. The first-order valence-corrected chi connectivity index (χ1v) is 12.5. The standard InChI is InChI=1S/C26H20Cl4N4O/c27-17-4-3-5-18(14-17)32-10-12-33(13-11-32)26(35)25-16-24(20-6-1-2-7-21(20)28)31-34(25)19-8-9-22(29)23(30)15-19/h1-9,14-16H,10-13H2. The molecule has 5 nitrogen and oxygen atoms in total. The first-order chi connectivity index (χ1) is 16.9. The van der Waals surface area contributed by atoms with Crippen molar-refractivity contribution in [2.75, 3.05) is 31.1 Å². The first kappa shape index (κ1) is 24.0. The van der Waals surface area contributed by atoms with Crippen LogP contribution in [0.15, 0.2) is 72.8 Å². The van der Waals surface area contributed by atoms with Gasteiger partial charge in [-0.2, -0.15) is 5.10 Å². The van der Waals surface area contributed by atoms with Crippen LogP contribution >= 0.6 is 46.4 Å². The molecule has 178 valence electrons. The third-order valence-corrected chi connectivity index (χ3v) is 7.27. The lowest BCUT2D eigenvalue weighted by Gasteiger charge is -2.36. The van der Waals surface area contributed by atoms with Crippen molar-refractivity contribution >= 4 is 58.0 Å². The van der Waals surface area contributed by atoms with Gasteiger partial charge in [0.1, 0.15) is 5.69 Å². The molecule has 35 heavy (non-hydrogen) atoms. The number of amides is 1. The minimum atomic E-state index is -0.118. The molecule has 5 rings (SSSR count). The molecule has 0 spiro atoms. The third kappa shape index (κ3) is 5.00. The van der Waals surface area contributed by atoms with Gasteiger partial charge in [-0.1, -0.05) is 70.7 Å². The van der Waals surface area contributed by atoms with E-state index in [4.69, 9.17) is 51.5 Å². The van der Waals surface area contributed by atoms with Crippen LogP contribution in [0.1, 0.15) is 10.5 Å². The molecular formula is C26H20Cl4N4O. The van der Waals surface area contributed by atoms with Crippen molar-refractivity contribution in [3.63, 3.8) is 0 Å². The average Bonchev–Trinajstić information content (AvgIpc) is 3.31. The van der Waals surface area contributed by atoms with Crippen molar-refractivity contribution in [2.24, 2.45) is 0 Å². The number of piperazine rings is 1. The van der Waals surface area contributed by atoms with E-state index >= 15 is 0 Å². The Kier molecular flexibility index (Phi) is 6.94. The molecule has 1 fully saturated rings. The highest BCUT2D eigenvalue weighted by Crippen LogP contribution is 2.31. The molecule has 1 aliphatic rings. The molecule has 0 aliphatic carbocycles. The predicted octanol–water partition coefficient (Wildman–Crippen LogP) is 7.12.